The molecule has 0 radical (unpaired) electrons. The van der Waals surface area contributed by atoms with Crippen LogP contribution in [0.5, 0.6) is 0 Å². The van der Waals surface area contributed by atoms with Crippen LogP contribution in [0.1, 0.15) is 73.6 Å². The maximum Gasteiger partial charge on any atom is 0.222 e. The van der Waals surface area contributed by atoms with E-state index in [1.54, 1.807) is 13.8 Å². The number of rotatable bonds is 17. The van der Waals surface area contributed by atoms with Crippen LogP contribution in [-0.4, -0.2) is 56.6 Å². The molecule has 0 saturated carbocycles. The Kier molecular flexibility index (Phi) is 14.8. The number of carbonyl (C=O) groups excluding carboxylic acids is 1. The molecule has 5 nitrogen and oxygen atoms in total. The fourth-order valence-electron chi connectivity index (χ4n) is 2.54. The zero-order valence-corrected chi connectivity index (χ0v) is 18.4. The molecule has 0 fully saturated rings. The van der Waals surface area contributed by atoms with E-state index in [-0.39, 0.29) is 18.4 Å². The Morgan fingerprint density at radius 1 is 1.04 bits per heavy atom. The summed E-state index contributed by atoms with van der Waals surface area (Å²) in [4.78, 5) is 11.7. The Hall–Kier alpha value is -0.720. The second-order valence-corrected chi connectivity index (χ2v) is 7.76. The molecule has 0 aliphatic carbocycles. The van der Waals surface area contributed by atoms with Crippen LogP contribution in [0.3, 0.4) is 0 Å². The van der Waals surface area contributed by atoms with Gasteiger partial charge in [-0.2, -0.15) is 0 Å². The number of hydrogen-bond acceptors (Lipinski definition) is 4. The summed E-state index contributed by atoms with van der Waals surface area (Å²) in [6.45, 7) is 14.3. The Balaban J connectivity index is 3.75. The van der Waals surface area contributed by atoms with Crippen molar-refractivity contribution < 1.29 is 18.7 Å². The Labute approximate surface area is 166 Å². The predicted molar refractivity (Wildman–Crippen MR) is 110 cm³/mol. The number of halogens is 1. The van der Waals surface area contributed by atoms with Crippen molar-refractivity contribution in [3.05, 3.63) is 0 Å². The van der Waals surface area contributed by atoms with Gasteiger partial charge in [0, 0.05) is 31.8 Å². The smallest absolute Gasteiger partial charge is 0.222 e. The van der Waals surface area contributed by atoms with Crippen molar-refractivity contribution in [1.29, 1.82) is 0 Å². The van der Waals surface area contributed by atoms with Crippen molar-refractivity contribution in [1.82, 2.24) is 10.6 Å². The van der Waals surface area contributed by atoms with Crippen LogP contribution in [0, 0.1) is 5.92 Å². The molecule has 6 heteroatoms. The van der Waals surface area contributed by atoms with Gasteiger partial charge in [-0.15, -0.1) is 0 Å². The molecule has 0 aromatic heterocycles. The van der Waals surface area contributed by atoms with Gasteiger partial charge in [0.25, 0.3) is 0 Å². The molecule has 0 rings (SSSR count). The van der Waals surface area contributed by atoms with Gasteiger partial charge >= 0.3 is 0 Å². The SMILES string of the molecule is CCC(CC)NCCCOCCCOC(C)(C)C(F)CNC(=O)C(C)CC. The quantitative estimate of drug-likeness (QED) is 0.370. The lowest BCUT2D eigenvalue weighted by atomic mass is 10.0. The maximum atomic E-state index is 14.4. The van der Waals surface area contributed by atoms with E-state index in [1.165, 1.54) is 0 Å². The third kappa shape index (κ3) is 12.4. The Bertz CT molecular complexity index is 376. The van der Waals surface area contributed by atoms with Gasteiger partial charge in [-0.25, -0.2) is 4.39 Å². The zero-order valence-electron chi connectivity index (χ0n) is 18.4. The fraction of sp³-hybridized carbons (Fsp3) is 0.952. The standard InChI is InChI=1S/C21H43FN2O3/c1-7-17(4)20(25)24-16-19(22)21(5,6)27-15-11-14-26-13-10-12-23-18(8-2)9-3/h17-19,23H,7-16H2,1-6H3,(H,24,25). The zero-order chi connectivity index (χ0) is 20.7. The first-order valence-corrected chi connectivity index (χ1v) is 10.6. The molecule has 0 aromatic carbocycles. The van der Waals surface area contributed by atoms with Crippen molar-refractivity contribution in [2.24, 2.45) is 5.92 Å². The van der Waals surface area contributed by atoms with E-state index in [0.29, 0.717) is 19.3 Å². The normalized spacial score (nSPS) is 14.4. The first-order chi connectivity index (χ1) is 12.8. The van der Waals surface area contributed by atoms with E-state index in [1.807, 2.05) is 13.8 Å². The molecular formula is C21H43FN2O3. The summed E-state index contributed by atoms with van der Waals surface area (Å²) in [5.74, 6) is -0.202. The highest BCUT2D eigenvalue weighted by atomic mass is 19.1. The van der Waals surface area contributed by atoms with Gasteiger partial charge in [0.05, 0.1) is 12.1 Å². The van der Waals surface area contributed by atoms with E-state index in [9.17, 15) is 9.18 Å². The van der Waals surface area contributed by atoms with Gasteiger partial charge in [0.2, 0.25) is 5.91 Å². The molecule has 2 atom stereocenters. The topological polar surface area (TPSA) is 59.6 Å². The van der Waals surface area contributed by atoms with E-state index < -0.39 is 11.8 Å². The largest absolute Gasteiger partial charge is 0.381 e. The molecule has 162 valence electrons. The average molecular weight is 391 g/mol. The molecule has 0 saturated heterocycles. The highest BCUT2D eigenvalue weighted by molar-refractivity contribution is 5.78. The minimum Gasteiger partial charge on any atom is -0.381 e. The van der Waals surface area contributed by atoms with Crippen LogP contribution in [0.2, 0.25) is 0 Å². The van der Waals surface area contributed by atoms with E-state index in [4.69, 9.17) is 9.47 Å². The number of alkyl halides is 1. The lowest BCUT2D eigenvalue weighted by molar-refractivity contribution is -0.126. The van der Waals surface area contributed by atoms with Crippen LogP contribution in [0.4, 0.5) is 4.39 Å². The first-order valence-electron chi connectivity index (χ1n) is 10.6. The molecule has 1 amide bonds. The molecule has 27 heavy (non-hydrogen) atoms. The van der Waals surface area contributed by atoms with Gasteiger partial charge in [-0.05, 0) is 52.5 Å². The molecule has 0 aliphatic heterocycles. The number of hydrogen-bond donors (Lipinski definition) is 2. The molecule has 0 heterocycles. The number of nitrogens with one attached hydrogen (secondary N) is 2. The molecule has 0 spiro atoms. The maximum absolute atomic E-state index is 14.4. The first kappa shape index (κ1) is 26.3. The highest BCUT2D eigenvalue weighted by Gasteiger charge is 2.31. The average Bonchev–Trinajstić information content (AvgIpc) is 2.66. The highest BCUT2D eigenvalue weighted by Crippen LogP contribution is 2.18. The van der Waals surface area contributed by atoms with Gasteiger partial charge in [0.1, 0.15) is 6.17 Å². The van der Waals surface area contributed by atoms with Gasteiger partial charge in [-0.3, -0.25) is 4.79 Å². The van der Waals surface area contributed by atoms with Crippen molar-refractivity contribution in [2.45, 2.75) is 91.5 Å². The lowest BCUT2D eigenvalue weighted by Crippen LogP contribution is -2.45. The van der Waals surface area contributed by atoms with Crippen LogP contribution in [-0.2, 0) is 14.3 Å². The summed E-state index contributed by atoms with van der Waals surface area (Å²) in [7, 11) is 0. The van der Waals surface area contributed by atoms with Crippen LogP contribution < -0.4 is 10.6 Å². The van der Waals surface area contributed by atoms with Crippen molar-refractivity contribution >= 4 is 5.91 Å². The second kappa shape index (κ2) is 15.2. The number of ether oxygens (including phenoxy) is 2. The minimum absolute atomic E-state index is 0.0177. The molecule has 0 aliphatic rings. The van der Waals surface area contributed by atoms with Crippen molar-refractivity contribution in [2.75, 3.05) is 32.9 Å². The van der Waals surface area contributed by atoms with Crippen LogP contribution >= 0.6 is 0 Å². The van der Waals surface area contributed by atoms with Gasteiger partial charge in [-0.1, -0.05) is 27.7 Å². The molecule has 2 unspecified atom stereocenters. The van der Waals surface area contributed by atoms with E-state index in [0.717, 1.165) is 45.3 Å². The van der Waals surface area contributed by atoms with E-state index >= 15 is 0 Å². The van der Waals surface area contributed by atoms with Crippen LogP contribution in [0.15, 0.2) is 0 Å². The summed E-state index contributed by atoms with van der Waals surface area (Å²) >= 11 is 0. The van der Waals surface area contributed by atoms with Gasteiger partial charge in [0.15, 0.2) is 0 Å². The Morgan fingerprint density at radius 3 is 2.26 bits per heavy atom. The molecule has 0 aromatic rings. The summed E-state index contributed by atoms with van der Waals surface area (Å²) in [6.07, 6.45) is 3.53. The minimum atomic E-state index is -1.25. The summed E-state index contributed by atoms with van der Waals surface area (Å²) in [5.41, 5.74) is -0.929. The molecule has 2 N–H and O–H groups in total. The van der Waals surface area contributed by atoms with Gasteiger partial charge < -0.3 is 20.1 Å². The Morgan fingerprint density at radius 2 is 1.67 bits per heavy atom. The van der Waals surface area contributed by atoms with Crippen molar-refractivity contribution in [3.63, 3.8) is 0 Å². The van der Waals surface area contributed by atoms with Crippen LogP contribution in [0.25, 0.3) is 0 Å². The fourth-order valence-corrected chi connectivity index (χ4v) is 2.54. The predicted octanol–water partition coefficient (Wildman–Crippen LogP) is 3.86. The van der Waals surface area contributed by atoms with E-state index in [2.05, 4.69) is 24.5 Å². The van der Waals surface area contributed by atoms with Crippen molar-refractivity contribution in [3.8, 4) is 0 Å². The third-order valence-corrected chi connectivity index (χ3v) is 5.06. The lowest BCUT2D eigenvalue weighted by Gasteiger charge is -2.29. The summed E-state index contributed by atoms with van der Waals surface area (Å²) in [6, 6.07) is 0.601. The monoisotopic (exact) mass is 390 g/mol. The third-order valence-electron chi connectivity index (χ3n) is 5.06. The summed E-state index contributed by atoms with van der Waals surface area (Å²) < 4.78 is 25.7. The second-order valence-electron chi connectivity index (χ2n) is 7.76. The number of carbonyl (C=O) groups is 1. The number of amides is 1. The molecular weight excluding hydrogens is 347 g/mol. The molecule has 0 bridgehead atoms. The summed E-state index contributed by atoms with van der Waals surface area (Å²) in [5, 5.41) is 6.17.